The van der Waals surface area contributed by atoms with Crippen LogP contribution in [0, 0.1) is 17.6 Å². The van der Waals surface area contributed by atoms with Crippen molar-refractivity contribution in [2.24, 2.45) is 11.7 Å². The molecule has 0 bridgehead atoms. The van der Waals surface area contributed by atoms with Crippen LogP contribution in [0.25, 0.3) is 0 Å². The van der Waals surface area contributed by atoms with Crippen LogP contribution in [-0.4, -0.2) is 36.5 Å². The lowest BCUT2D eigenvalue weighted by Crippen LogP contribution is -2.51. The van der Waals surface area contributed by atoms with Gasteiger partial charge in [0.2, 0.25) is 5.91 Å². The Morgan fingerprint density at radius 1 is 1.45 bits per heavy atom. The third-order valence-corrected chi connectivity index (χ3v) is 4.02. The number of hydrogen-bond donors (Lipinski definition) is 2. The summed E-state index contributed by atoms with van der Waals surface area (Å²) in [6, 6.07) is 3.26. The topological polar surface area (TPSA) is 58.4 Å². The van der Waals surface area contributed by atoms with E-state index in [1.807, 2.05) is 4.90 Å². The highest BCUT2D eigenvalue weighted by atomic mass is 35.5. The molecule has 2 rings (SSSR count). The van der Waals surface area contributed by atoms with Crippen LogP contribution in [0.5, 0.6) is 0 Å². The standard InChI is InChI=1S/C15H21F2N3O.ClH/c1-10-3-2-6-20(14(10)8-18)9-15(21)19-13-5-4-11(16)7-12(13)17;/h4-5,7,10,14H,2-3,6,8-9,18H2,1H3,(H,19,21);1H. The van der Waals surface area contributed by atoms with Crippen LogP contribution in [0.3, 0.4) is 0 Å². The van der Waals surface area contributed by atoms with Crippen LogP contribution >= 0.6 is 12.4 Å². The molecule has 2 atom stereocenters. The molecule has 1 aliphatic rings. The second-order valence-electron chi connectivity index (χ2n) is 5.57. The molecule has 1 aliphatic heterocycles. The summed E-state index contributed by atoms with van der Waals surface area (Å²) < 4.78 is 26.3. The SMILES string of the molecule is CC1CCCN(CC(=O)Nc2ccc(F)cc2F)C1CN.Cl. The molecule has 0 saturated carbocycles. The monoisotopic (exact) mass is 333 g/mol. The van der Waals surface area contributed by atoms with Crippen LogP contribution < -0.4 is 11.1 Å². The van der Waals surface area contributed by atoms with E-state index in [0.29, 0.717) is 12.5 Å². The highest BCUT2D eigenvalue weighted by molar-refractivity contribution is 5.92. The maximum Gasteiger partial charge on any atom is 0.238 e. The molecule has 1 saturated heterocycles. The number of carbonyl (C=O) groups is 1. The second-order valence-corrected chi connectivity index (χ2v) is 5.57. The maximum absolute atomic E-state index is 13.5. The van der Waals surface area contributed by atoms with Crippen LogP contribution in [0.2, 0.25) is 0 Å². The lowest BCUT2D eigenvalue weighted by atomic mass is 9.91. The van der Waals surface area contributed by atoms with Gasteiger partial charge in [-0.05, 0) is 37.4 Å². The van der Waals surface area contributed by atoms with Gasteiger partial charge >= 0.3 is 0 Å². The summed E-state index contributed by atoms with van der Waals surface area (Å²) in [4.78, 5) is 14.1. The second kappa shape index (κ2) is 8.41. The van der Waals surface area contributed by atoms with Gasteiger partial charge in [0.25, 0.3) is 0 Å². The third kappa shape index (κ3) is 4.63. The Morgan fingerprint density at radius 2 is 2.18 bits per heavy atom. The number of benzene rings is 1. The summed E-state index contributed by atoms with van der Waals surface area (Å²) in [5, 5.41) is 2.48. The van der Waals surface area contributed by atoms with E-state index in [9.17, 15) is 13.6 Å². The smallest absolute Gasteiger partial charge is 0.238 e. The van der Waals surface area contributed by atoms with Gasteiger partial charge in [-0.2, -0.15) is 0 Å². The van der Waals surface area contributed by atoms with E-state index >= 15 is 0 Å². The zero-order valence-electron chi connectivity index (χ0n) is 12.5. The molecule has 1 aromatic carbocycles. The third-order valence-electron chi connectivity index (χ3n) is 4.02. The van der Waals surface area contributed by atoms with Gasteiger partial charge in [0.1, 0.15) is 11.6 Å². The Hall–Kier alpha value is -1.24. The predicted octanol–water partition coefficient (Wildman–Crippen LogP) is 2.38. The Morgan fingerprint density at radius 3 is 2.82 bits per heavy atom. The molecule has 0 aromatic heterocycles. The number of amides is 1. The van der Waals surface area contributed by atoms with Gasteiger partial charge in [-0.1, -0.05) is 6.92 Å². The fraction of sp³-hybridized carbons (Fsp3) is 0.533. The van der Waals surface area contributed by atoms with E-state index in [1.165, 1.54) is 6.07 Å². The van der Waals surface area contributed by atoms with Crippen molar-refractivity contribution in [1.82, 2.24) is 4.90 Å². The molecule has 4 nitrogen and oxygen atoms in total. The Balaban J connectivity index is 0.00000242. The fourth-order valence-corrected chi connectivity index (χ4v) is 2.88. The number of nitrogens with zero attached hydrogens (tertiary/aromatic N) is 1. The van der Waals surface area contributed by atoms with Crippen molar-refractivity contribution in [2.45, 2.75) is 25.8 Å². The molecule has 7 heteroatoms. The van der Waals surface area contributed by atoms with Gasteiger partial charge in [0, 0.05) is 18.7 Å². The van der Waals surface area contributed by atoms with Gasteiger partial charge in [0.15, 0.2) is 0 Å². The molecular weight excluding hydrogens is 312 g/mol. The quantitative estimate of drug-likeness (QED) is 0.889. The van der Waals surface area contributed by atoms with Crippen molar-refractivity contribution < 1.29 is 13.6 Å². The van der Waals surface area contributed by atoms with E-state index in [-0.39, 0.29) is 36.6 Å². The van der Waals surface area contributed by atoms with Crippen molar-refractivity contribution >= 4 is 24.0 Å². The number of nitrogens with two attached hydrogens (primary N) is 1. The minimum atomic E-state index is -0.772. The van der Waals surface area contributed by atoms with Gasteiger partial charge in [-0.3, -0.25) is 9.69 Å². The van der Waals surface area contributed by atoms with E-state index in [4.69, 9.17) is 5.73 Å². The number of nitrogens with one attached hydrogen (secondary N) is 1. The first-order valence-electron chi connectivity index (χ1n) is 7.20. The van der Waals surface area contributed by atoms with E-state index in [1.54, 1.807) is 0 Å². The van der Waals surface area contributed by atoms with Crippen molar-refractivity contribution in [3.63, 3.8) is 0 Å². The van der Waals surface area contributed by atoms with Gasteiger partial charge in [-0.15, -0.1) is 12.4 Å². The number of carbonyl (C=O) groups excluding carboxylic acids is 1. The first-order valence-corrected chi connectivity index (χ1v) is 7.20. The minimum absolute atomic E-state index is 0. The Bertz CT molecular complexity index is 516. The summed E-state index contributed by atoms with van der Waals surface area (Å²) >= 11 is 0. The molecule has 1 fully saturated rings. The minimum Gasteiger partial charge on any atom is -0.329 e. The first kappa shape index (κ1) is 18.8. The van der Waals surface area contributed by atoms with Crippen molar-refractivity contribution in [2.75, 3.05) is 25.0 Å². The summed E-state index contributed by atoms with van der Waals surface area (Å²) in [5.41, 5.74) is 5.77. The van der Waals surface area contributed by atoms with Gasteiger partial charge in [-0.25, -0.2) is 8.78 Å². The average Bonchev–Trinajstić information content (AvgIpc) is 2.42. The lowest BCUT2D eigenvalue weighted by Gasteiger charge is -2.38. The molecule has 2 unspecified atom stereocenters. The molecule has 1 aromatic rings. The summed E-state index contributed by atoms with van der Waals surface area (Å²) in [6.45, 7) is 3.61. The highest BCUT2D eigenvalue weighted by Gasteiger charge is 2.28. The van der Waals surface area contributed by atoms with E-state index < -0.39 is 11.6 Å². The van der Waals surface area contributed by atoms with Crippen LogP contribution in [0.1, 0.15) is 19.8 Å². The first-order chi connectivity index (χ1) is 10.0. The van der Waals surface area contributed by atoms with E-state index in [2.05, 4.69) is 12.2 Å². The number of rotatable bonds is 4. The zero-order chi connectivity index (χ0) is 15.4. The molecule has 22 heavy (non-hydrogen) atoms. The zero-order valence-corrected chi connectivity index (χ0v) is 13.3. The number of hydrogen-bond acceptors (Lipinski definition) is 3. The average molecular weight is 334 g/mol. The van der Waals surface area contributed by atoms with Crippen molar-refractivity contribution in [1.29, 1.82) is 0 Å². The molecule has 0 spiro atoms. The van der Waals surface area contributed by atoms with Crippen molar-refractivity contribution in [3.05, 3.63) is 29.8 Å². The molecule has 124 valence electrons. The van der Waals surface area contributed by atoms with Crippen LogP contribution in [0.4, 0.5) is 14.5 Å². The fourth-order valence-electron chi connectivity index (χ4n) is 2.88. The summed E-state index contributed by atoms with van der Waals surface area (Å²) in [5.74, 6) is -1.31. The molecule has 0 radical (unpaired) electrons. The molecule has 3 N–H and O–H groups in total. The van der Waals surface area contributed by atoms with Crippen molar-refractivity contribution in [3.8, 4) is 0 Å². The molecular formula is C15H22ClF2N3O. The highest BCUT2D eigenvalue weighted by Crippen LogP contribution is 2.22. The van der Waals surface area contributed by atoms with E-state index in [0.717, 1.165) is 31.5 Å². The number of halogens is 3. The molecule has 0 aliphatic carbocycles. The Labute approximate surface area is 135 Å². The number of piperidine rings is 1. The maximum atomic E-state index is 13.5. The summed E-state index contributed by atoms with van der Waals surface area (Å²) in [7, 11) is 0. The van der Waals surface area contributed by atoms with Crippen LogP contribution in [-0.2, 0) is 4.79 Å². The van der Waals surface area contributed by atoms with Gasteiger partial charge in [0.05, 0.1) is 12.2 Å². The number of anilines is 1. The molecule has 1 heterocycles. The van der Waals surface area contributed by atoms with Crippen LogP contribution in [0.15, 0.2) is 18.2 Å². The normalized spacial score (nSPS) is 22.0. The lowest BCUT2D eigenvalue weighted by molar-refractivity contribution is -0.118. The van der Waals surface area contributed by atoms with Gasteiger partial charge < -0.3 is 11.1 Å². The predicted molar refractivity (Wildman–Crippen MR) is 85.0 cm³/mol. The largest absolute Gasteiger partial charge is 0.329 e. The summed E-state index contributed by atoms with van der Waals surface area (Å²) in [6.07, 6.45) is 2.13. The Kier molecular flexibility index (Phi) is 7.19. The molecule has 1 amide bonds. The number of likely N-dealkylation sites (tertiary alicyclic amines) is 1.